The van der Waals surface area contributed by atoms with Gasteiger partial charge in [0.1, 0.15) is 12.6 Å². The lowest BCUT2D eigenvalue weighted by atomic mass is 9.72. The van der Waals surface area contributed by atoms with Gasteiger partial charge in [-0.15, -0.1) is 0 Å². The third kappa shape index (κ3) is 2.29. The Kier molecular flexibility index (Phi) is 4.26. The molecule has 2 nitrogen and oxygen atoms in total. The quantitative estimate of drug-likeness (QED) is 0.455. The van der Waals surface area contributed by atoms with Crippen molar-refractivity contribution >= 4 is 12.6 Å². The summed E-state index contributed by atoms with van der Waals surface area (Å²) in [5, 5.41) is 0. The molecule has 0 aliphatic heterocycles. The summed E-state index contributed by atoms with van der Waals surface area (Å²) in [6.07, 6.45) is 6.83. The first-order valence-electron chi connectivity index (χ1n) is 10.2. The van der Waals surface area contributed by atoms with Crippen LogP contribution < -0.4 is 0 Å². The van der Waals surface area contributed by atoms with Gasteiger partial charge in [0.2, 0.25) is 0 Å². The van der Waals surface area contributed by atoms with Gasteiger partial charge in [0, 0.05) is 11.8 Å². The van der Waals surface area contributed by atoms with Gasteiger partial charge >= 0.3 is 0 Å². The molecule has 2 heteroatoms. The molecule has 6 atom stereocenters. The number of carbonyl (C=O) groups is 2. The fourth-order valence-corrected chi connectivity index (χ4v) is 7.00. The van der Waals surface area contributed by atoms with Crippen molar-refractivity contribution in [1.82, 2.24) is 0 Å². The summed E-state index contributed by atoms with van der Waals surface area (Å²) >= 11 is 0. The number of fused-ring (bicyclic) bond motifs is 4. The van der Waals surface area contributed by atoms with Crippen LogP contribution in [-0.2, 0) is 9.59 Å². The van der Waals surface area contributed by atoms with Gasteiger partial charge in [0.15, 0.2) is 0 Å². The van der Waals surface area contributed by atoms with Crippen LogP contribution in [0.2, 0.25) is 0 Å². The molecule has 144 valence electrons. The van der Waals surface area contributed by atoms with E-state index in [0.717, 1.165) is 12.8 Å². The van der Waals surface area contributed by atoms with Crippen LogP contribution >= 0.6 is 0 Å². The predicted molar refractivity (Wildman–Crippen MR) is 107 cm³/mol. The summed E-state index contributed by atoms with van der Waals surface area (Å²) in [7, 11) is 0. The third-order valence-electron chi connectivity index (χ3n) is 9.47. The van der Waals surface area contributed by atoms with Gasteiger partial charge in [0.25, 0.3) is 0 Å². The second-order valence-electron chi connectivity index (χ2n) is 10.7. The smallest absolute Gasteiger partial charge is 0.123 e. The van der Waals surface area contributed by atoms with Crippen molar-refractivity contribution in [2.45, 2.75) is 81.1 Å². The summed E-state index contributed by atoms with van der Waals surface area (Å²) in [6.45, 7) is 18.0. The van der Waals surface area contributed by atoms with E-state index in [2.05, 4.69) is 55.4 Å². The number of hydrogen-bond donors (Lipinski definition) is 0. The molecule has 0 aromatic rings. The Labute approximate surface area is 159 Å². The Bertz CT molecular complexity index is 666. The molecule has 26 heavy (non-hydrogen) atoms. The molecule has 0 heterocycles. The van der Waals surface area contributed by atoms with Crippen LogP contribution in [0.1, 0.15) is 81.1 Å². The number of carbonyl (C=O) groups excluding carboxylic acids is 2. The van der Waals surface area contributed by atoms with Crippen LogP contribution in [0, 0.1) is 33.5 Å². The molecule has 0 N–H and O–H groups in total. The fourth-order valence-electron chi connectivity index (χ4n) is 7.00. The second kappa shape index (κ2) is 5.66. The molecule has 4 aliphatic carbocycles. The van der Waals surface area contributed by atoms with Crippen LogP contribution in [0.3, 0.4) is 0 Å². The molecule has 4 rings (SSSR count). The van der Waals surface area contributed by atoms with Gasteiger partial charge < -0.3 is 9.59 Å². The van der Waals surface area contributed by atoms with Gasteiger partial charge in [-0.25, -0.2) is 0 Å². The Morgan fingerprint density at radius 1 is 0.654 bits per heavy atom. The summed E-state index contributed by atoms with van der Waals surface area (Å²) in [6, 6.07) is 0. The molecule has 2 fully saturated rings. The van der Waals surface area contributed by atoms with Gasteiger partial charge in [0.05, 0.1) is 0 Å². The second-order valence-corrected chi connectivity index (χ2v) is 10.7. The maximum atomic E-state index is 11.0. The van der Waals surface area contributed by atoms with E-state index in [1.165, 1.54) is 47.7 Å². The average molecular weight is 357 g/mol. The van der Waals surface area contributed by atoms with Gasteiger partial charge in [-0.1, -0.05) is 50.0 Å². The van der Waals surface area contributed by atoms with Crippen molar-refractivity contribution in [3.8, 4) is 0 Å². The Hall–Kier alpha value is -1.18. The summed E-state index contributed by atoms with van der Waals surface area (Å²) in [5.41, 5.74) is 7.02. The summed E-state index contributed by atoms with van der Waals surface area (Å²) in [5.74, 6) is 0.530. The van der Waals surface area contributed by atoms with Gasteiger partial charge in [-0.05, 0) is 75.0 Å². The van der Waals surface area contributed by atoms with Crippen molar-refractivity contribution in [3.05, 3.63) is 22.3 Å². The van der Waals surface area contributed by atoms with E-state index in [9.17, 15) is 9.59 Å². The van der Waals surface area contributed by atoms with E-state index >= 15 is 0 Å². The first kappa shape index (κ1) is 19.6. The highest BCUT2D eigenvalue weighted by Gasteiger charge is 2.58. The molecule has 0 radical (unpaired) electrons. The molecule has 0 saturated heterocycles. The lowest BCUT2D eigenvalue weighted by molar-refractivity contribution is -0.113. The van der Waals surface area contributed by atoms with E-state index in [0.29, 0.717) is 10.8 Å². The molecule has 0 spiro atoms. The summed E-state index contributed by atoms with van der Waals surface area (Å²) in [4.78, 5) is 21.9. The molecule has 0 amide bonds. The van der Waals surface area contributed by atoms with E-state index < -0.39 is 0 Å². The Morgan fingerprint density at radius 2 is 0.962 bits per heavy atom. The summed E-state index contributed by atoms with van der Waals surface area (Å²) < 4.78 is 0. The Morgan fingerprint density at radius 3 is 1.15 bits per heavy atom. The van der Waals surface area contributed by atoms with Gasteiger partial charge in [-0.3, -0.25) is 0 Å². The van der Waals surface area contributed by atoms with Crippen LogP contribution in [0.4, 0.5) is 0 Å². The van der Waals surface area contributed by atoms with Crippen LogP contribution in [-0.4, -0.2) is 12.6 Å². The van der Waals surface area contributed by atoms with E-state index in [1.807, 2.05) is 0 Å². The molecular formula is C24H36O2. The molecular weight excluding hydrogens is 320 g/mol. The zero-order chi connectivity index (χ0) is 19.7. The first-order chi connectivity index (χ1) is 11.9. The normalized spacial score (nSPS) is 48.8. The van der Waals surface area contributed by atoms with Crippen LogP contribution in [0.25, 0.3) is 0 Å². The van der Waals surface area contributed by atoms with Crippen LogP contribution in [0.5, 0.6) is 0 Å². The van der Waals surface area contributed by atoms with Gasteiger partial charge in [-0.2, -0.15) is 0 Å². The van der Waals surface area contributed by atoms with E-state index in [1.54, 1.807) is 0 Å². The lowest BCUT2D eigenvalue weighted by Gasteiger charge is -2.31. The molecule has 2 saturated carbocycles. The Balaban J connectivity index is 0.000000151. The molecule has 6 unspecified atom stereocenters. The number of aldehydes is 2. The monoisotopic (exact) mass is 356 g/mol. The zero-order valence-corrected chi connectivity index (χ0v) is 18.0. The highest BCUT2D eigenvalue weighted by Crippen LogP contribution is 2.66. The fraction of sp³-hybridized carbons (Fsp3) is 0.750. The average Bonchev–Trinajstić information content (AvgIpc) is 3.14. The maximum absolute atomic E-state index is 11.0. The minimum absolute atomic E-state index is 0.181. The maximum Gasteiger partial charge on any atom is 0.123 e. The van der Waals surface area contributed by atoms with Crippen LogP contribution in [0.15, 0.2) is 22.3 Å². The molecule has 0 aromatic carbocycles. The van der Waals surface area contributed by atoms with E-state index in [4.69, 9.17) is 0 Å². The predicted octanol–water partition coefficient (Wildman–Crippen LogP) is 5.92. The number of rotatable bonds is 2. The highest BCUT2D eigenvalue weighted by molar-refractivity contribution is 5.61. The molecule has 4 aliphatic rings. The van der Waals surface area contributed by atoms with Crippen molar-refractivity contribution in [2.24, 2.45) is 33.5 Å². The zero-order valence-electron chi connectivity index (χ0n) is 18.0. The number of allylic oxidation sites excluding steroid dienone is 4. The SMILES string of the molecule is CC1=C(C)C2(C)CC1(C)CC2C=O.CC1=C(C)C2(C)CC1(C)CC2C=O. The third-order valence-corrected chi connectivity index (χ3v) is 9.47. The number of hydrogen-bond acceptors (Lipinski definition) is 2. The minimum atomic E-state index is 0.181. The molecule has 4 bridgehead atoms. The first-order valence-corrected chi connectivity index (χ1v) is 10.2. The lowest BCUT2D eigenvalue weighted by Crippen LogP contribution is -2.25. The highest BCUT2D eigenvalue weighted by atomic mass is 16.1. The van der Waals surface area contributed by atoms with Crippen molar-refractivity contribution in [1.29, 1.82) is 0 Å². The van der Waals surface area contributed by atoms with Crippen molar-refractivity contribution < 1.29 is 9.59 Å². The standard InChI is InChI=1S/2C12H18O/c2*1-8-9(2)12(4)7-11(8,3)5-10(12)6-13/h2*6,10H,5,7H2,1-4H3. The molecule has 0 aromatic heterocycles. The largest absolute Gasteiger partial charge is 0.303 e. The topological polar surface area (TPSA) is 34.1 Å². The van der Waals surface area contributed by atoms with Crippen molar-refractivity contribution in [2.75, 3.05) is 0 Å². The van der Waals surface area contributed by atoms with E-state index in [-0.39, 0.29) is 22.7 Å². The minimum Gasteiger partial charge on any atom is -0.303 e. The van der Waals surface area contributed by atoms with Crippen molar-refractivity contribution in [3.63, 3.8) is 0 Å².